The zero-order chi connectivity index (χ0) is 19.4. The maximum absolute atomic E-state index is 12.6. The maximum atomic E-state index is 12.6. The second kappa shape index (κ2) is 7.86. The van der Waals surface area contributed by atoms with Gasteiger partial charge in [0, 0.05) is 17.1 Å². The number of hydrogen-bond donors (Lipinski definition) is 2. The zero-order valence-corrected chi connectivity index (χ0v) is 15.8. The van der Waals surface area contributed by atoms with Crippen molar-refractivity contribution in [2.24, 2.45) is 0 Å². The van der Waals surface area contributed by atoms with Crippen molar-refractivity contribution in [2.75, 3.05) is 17.7 Å². The number of nitrogens with one attached hydrogen (secondary N) is 2. The summed E-state index contributed by atoms with van der Waals surface area (Å²) >= 11 is 0. The van der Waals surface area contributed by atoms with Gasteiger partial charge in [0.1, 0.15) is 11.4 Å². The standard InChI is InChI=1S/C21H22N4O2/c1-13-6-5-7-14(2)19(13)25-21-22-15(3)12-18(24-21)20(26)23-16-8-10-17(27-4)11-9-16/h5-12H,1-4H3,(H,23,26)(H,22,24,25). The van der Waals surface area contributed by atoms with Gasteiger partial charge in [0.2, 0.25) is 5.95 Å². The summed E-state index contributed by atoms with van der Waals surface area (Å²) in [4.78, 5) is 21.4. The molecule has 0 saturated carbocycles. The van der Waals surface area contributed by atoms with Crippen LogP contribution in [0.1, 0.15) is 27.3 Å². The number of carbonyl (C=O) groups excluding carboxylic acids is 1. The van der Waals surface area contributed by atoms with E-state index in [-0.39, 0.29) is 5.91 Å². The highest BCUT2D eigenvalue weighted by Gasteiger charge is 2.12. The Morgan fingerprint density at radius 3 is 2.26 bits per heavy atom. The van der Waals surface area contributed by atoms with E-state index in [4.69, 9.17) is 4.74 Å². The summed E-state index contributed by atoms with van der Waals surface area (Å²) in [6.07, 6.45) is 0. The molecule has 0 aliphatic carbocycles. The molecule has 0 saturated heterocycles. The molecule has 0 spiro atoms. The van der Waals surface area contributed by atoms with Crippen LogP contribution in [0.3, 0.4) is 0 Å². The van der Waals surface area contributed by atoms with Crippen LogP contribution in [-0.2, 0) is 0 Å². The molecule has 0 fully saturated rings. The fourth-order valence-electron chi connectivity index (χ4n) is 2.73. The molecule has 1 amide bonds. The predicted molar refractivity (Wildman–Crippen MR) is 107 cm³/mol. The number of aryl methyl sites for hydroxylation is 3. The zero-order valence-electron chi connectivity index (χ0n) is 15.8. The average molecular weight is 362 g/mol. The lowest BCUT2D eigenvalue weighted by atomic mass is 10.1. The summed E-state index contributed by atoms with van der Waals surface area (Å²) < 4.78 is 5.12. The molecular formula is C21H22N4O2. The molecule has 0 radical (unpaired) electrons. The number of benzene rings is 2. The van der Waals surface area contributed by atoms with E-state index in [0.717, 1.165) is 22.6 Å². The van der Waals surface area contributed by atoms with Gasteiger partial charge in [0.05, 0.1) is 7.11 Å². The summed E-state index contributed by atoms with van der Waals surface area (Å²) in [7, 11) is 1.60. The minimum atomic E-state index is -0.296. The van der Waals surface area contributed by atoms with Gasteiger partial charge in [-0.1, -0.05) is 18.2 Å². The van der Waals surface area contributed by atoms with E-state index in [9.17, 15) is 4.79 Å². The lowest BCUT2D eigenvalue weighted by Gasteiger charge is -2.13. The third-order valence-corrected chi connectivity index (χ3v) is 4.15. The Hall–Kier alpha value is -3.41. The van der Waals surface area contributed by atoms with E-state index in [1.54, 1.807) is 37.4 Å². The number of para-hydroxylation sites is 1. The van der Waals surface area contributed by atoms with Crippen LogP contribution in [0, 0.1) is 20.8 Å². The minimum absolute atomic E-state index is 0.296. The number of ether oxygens (including phenoxy) is 1. The van der Waals surface area contributed by atoms with E-state index in [1.807, 2.05) is 39.0 Å². The number of carbonyl (C=O) groups is 1. The Morgan fingerprint density at radius 2 is 1.63 bits per heavy atom. The van der Waals surface area contributed by atoms with E-state index in [1.165, 1.54) is 0 Å². The highest BCUT2D eigenvalue weighted by Crippen LogP contribution is 2.23. The van der Waals surface area contributed by atoms with E-state index in [2.05, 4.69) is 20.6 Å². The van der Waals surface area contributed by atoms with Crippen LogP contribution in [0.2, 0.25) is 0 Å². The summed E-state index contributed by atoms with van der Waals surface area (Å²) in [6, 6.07) is 14.8. The number of nitrogens with zero attached hydrogens (tertiary/aromatic N) is 2. The van der Waals surface area contributed by atoms with Gasteiger partial charge >= 0.3 is 0 Å². The van der Waals surface area contributed by atoms with E-state index < -0.39 is 0 Å². The Balaban J connectivity index is 1.82. The Labute approximate surface area is 158 Å². The summed E-state index contributed by atoms with van der Waals surface area (Å²) in [5.41, 5.74) is 4.80. The first-order valence-corrected chi connectivity index (χ1v) is 8.60. The molecule has 3 rings (SSSR count). The molecule has 27 heavy (non-hydrogen) atoms. The Bertz CT molecular complexity index is 948. The second-order valence-electron chi connectivity index (χ2n) is 6.29. The van der Waals surface area contributed by atoms with Crippen LogP contribution in [0.15, 0.2) is 48.5 Å². The second-order valence-corrected chi connectivity index (χ2v) is 6.29. The molecule has 6 heteroatoms. The number of amides is 1. The maximum Gasteiger partial charge on any atom is 0.274 e. The fraction of sp³-hybridized carbons (Fsp3) is 0.190. The van der Waals surface area contributed by atoms with Gasteiger partial charge in [-0.3, -0.25) is 4.79 Å². The lowest BCUT2D eigenvalue weighted by Crippen LogP contribution is -2.15. The van der Waals surface area contributed by atoms with Gasteiger partial charge in [-0.15, -0.1) is 0 Å². The van der Waals surface area contributed by atoms with E-state index in [0.29, 0.717) is 23.0 Å². The summed E-state index contributed by atoms with van der Waals surface area (Å²) in [6.45, 7) is 5.87. The van der Waals surface area contributed by atoms with Crippen LogP contribution < -0.4 is 15.4 Å². The van der Waals surface area contributed by atoms with Crippen molar-refractivity contribution in [1.29, 1.82) is 0 Å². The monoisotopic (exact) mass is 362 g/mol. The molecule has 0 bridgehead atoms. The summed E-state index contributed by atoms with van der Waals surface area (Å²) in [5, 5.41) is 6.07. The largest absolute Gasteiger partial charge is 0.497 e. The van der Waals surface area contributed by atoms with Crippen molar-refractivity contribution in [2.45, 2.75) is 20.8 Å². The van der Waals surface area contributed by atoms with Gasteiger partial charge in [0.25, 0.3) is 5.91 Å². The molecule has 1 heterocycles. The third kappa shape index (κ3) is 4.41. The van der Waals surface area contributed by atoms with Crippen molar-refractivity contribution >= 4 is 23.2 Å². The van der Waals surface area contributed by atoms with Crippen LogP contribution in [0.5, 0.6) is 5.75 Å². The van der Waals surface area contributed by atoms with Crippen molar-refractivity contribution in [3.05, 3.63) is 71.0 Å². The first-order chi connectivity index (χ1) is 13.0. The number of aromatic nitrogens is 2. The number of methoxy groups -OCH3 is 1. The normalized spacial score (nSPS) is 10.4. The quantitative estimate of drug-likeness (QED) is 0.703. The summed E-state index contributed by atoms with van der Waals surface area (Å²) in [5.74, 6) is 0.827. The average Bonchev–Trinajstić information content (AvgIpc) is 2.65. The molecule has 0 unspecified atom stereocenters. The number of anilines is 3. The van der Waals surface area contributed by atoms with Crippen molar-refractivity contribution in [3.63, 3.8) is 0 Å². The number of rotatable bonds is 5. The van der Waals surface area contributed by atoms with Crippen molar-refractivity contribution in [3.8, 4) is 5.75 Å². The molecule has 0 atom stereocenters. The molecule has 0 aliphatic rings. The van der Waals surface area contributed by atoms with Crippen molar-refractivity contribution < 1.29 is 9.53 Å². The van der Waals surface area contributed by atoms with Gasteiger partial charge in [0.15, 0.2) is 0 Å². The van der Waals surface area contributed by atoms with Gasteiger partial charge < -0.3 is 15.4 Å². The topological polar surface area (TPSA) is 76.1 Å². The SMILES string of the molecule is COc1ccc(NC(=O)c2cc(C)nc(Nc3c(C)cccc3C)n2)cc1. The molecule has 2 N–H and O–H groups in total. The predicted octanol–water partition coefficient (Wildman–Crippen LogP) is 4.41. The molecular weight excluding hydrogens is 340 g/mol. The van der Waals surface area contributed by atoms with Crippen LogP contribution >= 0.6 is 0 Å². The van der Waals surface area contributed by atoms with Crippen LogP contribution in [0.25, 0.3) is 0 Å². The van der Waals surface area contributed by atoms with Crippen molar-refractivity contribution in [1.82, 2.24) is 9.97 Å². The smallest absolute Gasteiger partial charge is 0.274 e. The third-order valence-electron chi connectivity index (χ3n) is 4.15. The molecule has 3 aromatic rings. The van der Waals surface area contributed by atoms with Gasteiger partial charge in [-0.05, 0) is 62.2 Å². The number of hydrogen-bond acceptors (Lipinski definition) is 5. The fourth-order valence-corrected chi connectivity index (χ4v) is 2.73. The first kappa shape index (κ1) is 18.4. The van der Waals surface area contributed by atoms with Gasteiger partial charge in [-0.25, -0.2) is 9.97 Å². The highest BCUT2D eigenvalue weighted by atomic mass is 16.5. The van der Waals surface area contributed by atoms with Crippen LogP contribution in [-0.4, -0.2) is 23.0 Å². The Kier molecular flexibility index (Phi) is 5.35. The molecule has 0 aliphatic heterocycles. The molecule has 1 aromatic heterocycles. The minimum Gasteiger partial charge on any atom is -0.497 e. The lowest BCUT2D eigenvalue weighted by molar-refractivity contribution is 0.102. The molecule has 138 valence electrons. The Morgan fingerprint density at radius 1 is 0.963 bits per heavy atom. The molecule has 6 nitrogen and oxygen atoms in total. The van der Waals surface area contributed by atoms with Gasteiger partial charge in [-0.2, -0.15) is 0 Å². The van der Waals surface area contributed by atoms with E-state index >= 15 is 0 Å². The first-order valence-electron chi connectivity index (χ1n) is 8.60. The molecule has 2 aromatic carbocycles. The van der Waals surface area contributed by atoms with Crippen LogP contribution in [0.4, 0.5) is 17.3 Å². The highest BCUT2D eigenvalue weighted by molar-refractivity contribution is 6.03.